The van der Waals surface area contributed by atoms with E-state index in [-0.39, 0.29) is 0 Å². The third-order valence-corrected chi connectivity index (χ3v) is 3.33. The predicted octanol–water partition coefficient (Wildman–Crippen LogP) is 4.36. The minimum absolute atomic E-state index is 0.928. The van der Waals surface area contributed by atoms with Crippen molar-refractivity contribution in [1.29, 1.82) is 0 Å². The van der Waals surface area contributed by atoms with Gasteiger partial charge < -0.3 is 4.98 Å². The van der Waals surface area contributed by atoms with Crippen LogP contribution in [0, 0.1) is 6.92 Å². The molecule has 1 heteroatoms. The fourth-order valence-electron chi connectivity index (χ4n) is 2.43. The first-order chi connectivity index (χ1) is 8.29. The van der Waals surface area contributed by atoms with Gasteiger partial charge in [0.1, 0.15) is 0 Å². The minimum Gasteiger partial charge on any atom is -0.355 e. The molecule has 0 aliphatic rings. The van der Waals surface area contributed by atoms with Crippen LogP contribution in [0.3, 0.4) is 0 Å². The first-order valence-electron chi connectivity index (χ1n) is 5.90. The average molecular weight is 221 g/mol. The Morgan fingerprint density at radius 3 is 2.76 bits per heavy atom. The van der Waals surface area contributed by atoms with Gasteiger partial charge in [-0.05, 0) is 42.7 Å². The molecule has 84 valence electrons. The van der Waals surface area contributed by atoms with Crippen LogP contribution in [-0.2, 0) is 6.42 Å². The Morgan fingerprint density at radius 2 is 1.94 bits per heavy atom. The standard InChI is InChI=1S/C16H15N/c1-3-6-12-10-16-14(9-11(12)2)13-7-4-5-8-15(13)17-16/h3-5,7-10,17H,1,6H2,2H3. The van der Waals surface area contributed by atoms with E-state index in [0.29, 0.717) is 0 Å². The molecule has 17 heavy (non-hydrogen) atoms. The van der Waals surface area contributed by atoms with Crippen LogP contribution in [0.1, 0.15) is 11.1 Å². The van der Waals surface area contributed by atoms with Crippen LogP contribution in [0.25, 0.3) is 21.8 Å². The van der Waals surface area contributed by atoms with Crippen LogP contribution in [0.4, 0.5) is 0 Å². The van der Waals surface area contributed by atoms with Crippen LogP contribution in [0.5, 0.6) is 0 Å². The fourth-order valence-corrected chi connectivity index (χ4v) is 2.43. The topological polar surface area (TPSA) is 15.8 Å². The van der Waals surface area contributed by atoms with Crippen LogP contribution in [0.15, 0.2) is 49.1 Å². The van der Waals surface area contributed by atoms with Crippen molar-refractivity contribution < 1.29 is 0 Å². The molecule has 0 saturated carbocycles. The van der Waals surface area contributed by atoms with Crippen molar-refractivity contribution in [1.82, 2.24) is 4.98 Å². The molecule has 0 aliphatic carbocycles. The molecule has 3 rings (SSSR count). The highest BCUT2D eigenvalue weighted by atomic mass is 14.7. The summed E-state index contributed by atoms with van der Waals surface area (Å²) in [6, 6.07) is 13.0. The second-order valence-corrected chi connectivity index (χ2v) is 4.49. The second-order valence-electron chi connectivity index (χ2n) is 4.49. The first kappa shape index (κ1) is 10.2. The summed E-state index contributed by atoms with van der Waals surface area (Å²) >= 11 is 0. The Labute approximate surface area is 101 Å². The molecular weight excluding hydrogens is 206 g/mol. The number of H-pyrrole nitrogens is 1. The number of hydrogen-bond donors (Lipinski definition) is 1. The van der Waals surface area contributed by atoms with E-state index in [2.05, 4.69) is 54.9 Å². The van der Waals surface area contributed by atoms with Gasteiger partial charge in [0.2, 0.25) is 0 Å². The Kier molecular flexibility index (Phi) is 2.25. The Hall–Kier alpha value is -2.02. The Morgan fingerprint density at radius 1 is 1.12 bits per heavy atom. The van der Waals surface area contributed by atoms with E-state index in [1.54, 1.807) is 0 Å². The van der Waals surface area contributed by atoms with Crippen LogP contribution in [0.2, 0.25) is 0 Å². The van der Waals surface area contributed by atoms with Crippen molar-refractivity contribution in [2.75, 3.05) is 0 Å². The maximum atomic E-state index is 3.81. The minimum atomic E-state index is 0.928. The molecule has 0 amide bonds. The lowest BCUT2D eigenvalue weighted by Gasteiger charge is -2.03. The van der Waals surface area contributed by atoms with E-state index in [1.165, 1.54) is 32.9 Å². The summed E-state index contributed by atoms with van der Waals surface area (Å²) in [4.78, 5) is 3.47. The largest absolute Gasteiger partial charge is 0.355 e. The molecule has 1 aromatic heterocycles. The van der Waals surface area contributed by atoms with Crippen LogP contribution in [-0.4, -0.2) is 4.98 Å². The molecule has 0 fully saturated rings. The number of fused-ring (bicyclic) bond motifs is 3. The lowest BCUT2D eigenvalue weighted by atomic mass is 10.0. The molecule has 1 nitrogen and oxygen atoms in total. The Balaban J connectivity index is 2.37. The normalized spacial score (nSPS) is 11.1. The average Bonchev–Trinajstić information content (AvgIpc) is 2.68. The van der Waals surface area contributed by atoms with E-state index in [4.69, 9.17) is 0 Å². The maximum absolute atomic E-state index is 3.81. The number of nitrogens with one attached hydrogen (secondary N) is 1. The molecule has 1 N–H and O–H groups in total. The van der Waals surface area contributed by atoms with Crippen molar-refractivity contribution in [3.8, 4) is 0 Å². The zero-order valence-corrected chi connectivity index (χ0v) is 9.96. The maximum Gasteiger partial charge on any atom is 0.0467 e. The van der Waals surface area contributed by atoms with Gasteiger partial charge in [-0.3, -0.25) is 0 Å². The van der Waals surface area contributed by atoms with Gasteiger partial charge in [0, 0.05) is 21.8 Å². The molecule has 0 unspecified atom stereocenters. The van der Waals surface area contributed by atoms with E-state index >= 15 is 0 Å². The van der Waals surface area contributed by atoms with Gasteiger partial charge in [0.15, 0.2) is 0 Å². The monoisotopic (exact) mass is 221 g/mol. The van der Waals surface area contributed by atoms with Crippen molar-refractivity contribution in [2.24, 2.45) is 0 Å². The molecule has 2 aromatic carbocycles. The number of aromatic amines is 1. The zero-order valence-electron chi connectivity index (χ0n) is 9.96. The van der Waals surface area contributed by atoms with Crippen molar-refractivity contribution >= 4 is 21.8 Å². The quantitative estimate of drug-likeness (QED) is 0.619. The third kappa shape index (κ3) is 1.55. The summed E-state index contributed by atoms with van der Waals surface area (Å²) in [5, 5.41) is 2.61. The second kappa shape index (κ2) is 3.77. The van der Waals surface area contributed by atoms with E-state index < -0.39 is 0 Å². The molecule has 0 bridgehead atoms. The number of para-hydroxylation sites is 1. The summed E-state index contributed by atoms with van der Waals surface area (Å²) in [6.07, 6.45) is 2.88. The van der Waals surface area contributed by atoms with Gasteiger partial charge in [0.05, 0.1) is 0 Å². The molecule has 0 saturated heterocycles. The lowest BCUT2D eigenvalue weighted by molar-refractivity contribution is 1.23. The molecular formula is C16H15N. The first-order valence-corrected chi connectivity index (χ1v) is 5.90. The SMILES string of the molecule is C=CCc1cc2[nH]c3ccccc3c2cc1C. The van der Waals surface area contributed by atoms with Gasteiger partial charge in [0.25, 0.3) is 0 Å². The summed E-state index contributed by atoms with van der Waals surface area (Å²) in [6.45, 7) is 5.98. The number of rotatable bonds is 2. The Bertz CT molecular complexity index is 704. The molecule has 1 heterocycles. The van der Waals surface area contributed by atoms with Gasteiger partial charge in [-0.2, -0.15) is 0 Å². The predicted molar refractivity (Wildman–Crippen MR) is 74.4 cm³/mol. The van der Waals surface area contributed by atoms with Crippen LogP contribution < -0.4 is 0 Å². The molecule has 0 radical (unpaired) electrons. The van der Waals surface area contributed by atoms with Crippen molar-refractivity contribution in [3.05, 3.63) is 60.2 Å². The summed E-state index contributed by atoms with van der Waals surface area (Å²) < 4.78 is 0. The van der Waals surface area contributed by atoms with Crippen LogP contribution >= 0.6 is 0 Å². The van der Waals surface area contributed by atoms with Crippen molar-refractivity contribution in [3.63, 3.8) is 0 Å². The number of aromatic nitrogens is 1. The number of hydrogen-bond acceptors (Lipinski definition) is 0. The fraction of sp³-hybridized carbons (Fsp3) is 0.125. The van der Waals surface area contributed by atoms with E-state index in [0.717, 1.165) is 6.42 Å². The summed E-state index contributed by atoms with van der Waals surface area (Å²) in [5.41, 5.74) is 5.10. The summed E-state index contributed by atoms with van der Waals surface area (Å²) in [7, 11) is 0. The van der Waals surface area contributed by atoms with Crippen molar-refractivity contribution in [2.45, 2.75) is 13.3 Å². The highest BCUT2D eigenvalue weighted by Crippen LogP contribution is 2.27. The smallest absolute Gasteiger partial charge is 0.0467 e. The van der Waals surface area contributed by atoms with E-state index in [1.807, 2.05) is 6.08 Å². The molecule has 0 atom stereocenters. The van der Waals surface area contributed by atoms with Gasteiger partial charge >= 0.3 is 0 Å². The van der Waals surface area contributed by atoms with Gasteiger partial charge in [-0.15, -0.1) is 6.58 Å². The highest BCUT2D eigenvalue weighted by Gasteiger charge is 2.06. The zero-order chi connectivity index (χ0) is 11.8. The summed E-state index contributed by atoms with van der Waals surface area (Å²) in [5.74, 6) is 0. The van der Waals surface area contributed by atoms with E-state index in [9.17, 15) is 0 Å². The van der Waals surface area contributed by atoms with Gasteiger partial charge in [-0.1, -0.05) is 24.3 Å². The number of benzene rings is 2. The number of aryl methyl sites for hydroxylation is 1. The highest BCUT2D eigenvalue weighted by molar-refractivity contribution is 6.07. The molecule has 0 spiro atoms. The third-order valence-electron chi connectivity index (χ3n) is 3.33. The lowest BCUT2D eigenvalue weighted by Crippen LogP contribution is -1.86. The number of allylic oxidation sites excluding steroid dienone is 1. The molecule has 0 aliphatic heterocycles. The molecule has 3 aromatic rings. The van der Waals surface area contributed by atoms with Gasteiger partial charge in [-0.25, -0.2) is 0 Å².